The number of aryl methyl sites for hydroxylation is 2. The lowest BCUT2D eigenvalue weighted by molar-refractivity contribution is -0.211. The van der Waals surface area contributed by atoms with Crippen molar-refractivity contribution in [3.8, 4) is 11.5 Å². The first-order chi connectivity index (χ1) is 11.1. The Bertz CT molecular complexity index is 775. The summed E-state index contributed by atoms with van der Waals surface area (Å²) in [5.41, 5.74) is 4.76. The molecule has 0 saturated carbocycles. The topological polar surface area (TPSA) is 126 Å². The van der Waals surface area contributed by atoms with Gasteiger partial charge in [0.2, 0.25) is 0 Å². The largest absolute Gasteiger partial charge is 0.746 e. The van der Waals surface area contributed by atoms with Crippen LogP contribution in [-0.4, -0.2) is 10.00 Å². The quantitative estimate of drug-likeness (QED) is 0.690. The van der Waals surface area contributed by atoms with Crippen LogP contribution in [0.25, 0.3) is 0 Å². The predicted octanol–water partition coefficient (Wildman–Crippen LogP) is 3.94. The summed E-state index contributed by atoms with van der Waals surface area (Å²) < 4.78 is 15.4. The Hall–Kier alpha value is -1.85. The van der Waals surface area contributed by atoms with Crippen LogP contribution < -0.4 is 15.6 Å². The summed E-state index contributed by atoms with van der Waals surface area (Å²) in [4.78, 5) is 19.7. The van der Waals surface area contributed by atoms with Crippen LogP contribution in [0.15, 0.2) is 30.3 Å². The summed E-state index contributed by atoms with van der Waals surface area (Å²) in [6.07, 6.45) is 0.659. The SMILES string of the molecule is Cc1cc(OP(=O)([O-])O)cc(C)c1Cc1ccc(O)c(C(C)C)c1.[NH4+]. The van der Waals surface area contributed by atoms with Gasteiger partial charge >= 0.3 is 7.82 Å². The van der Waals surface area contributed by atoms with Gasteiger partial charge in [0.1, 0.15) is 11.5 Å². The van der Waals surface area contributed by atoms with Gasteiger partial charge in [0, 0.05) is 0 Å². The molecule has 0 radical (unpaired) electrons. The number of rotatable bonds is 5. The van der Waals surface area contributed by atoms with E-state index in [1.54, 1.807) is 18.2 Å². The van der Waals surface area contributed by atoms with Crippen LogP contribution in [0.1, 0.15) is 47.6 Å². The third-order valence-corrected chi connectivity index (χ3v) is 4.43. The van der Waals surface area contributed by atoms with Crippen LogP contribution in [0, 0.1) is 13.8 Å². The van der Waals surface area contributed by atoms with Crippen molar-refractivity contribution in [2.75, 3.05) is 0 Å². The molecule has 138 valence electrons. The molecule has 0 aliphatic rings. The van der Waals surface area contributed by atoms with Crippen LogP contribution in [0.4, 0.5) is 0 Å². The van der Waals surface area contributed by atoms with Gasteiger partial charge < -0.3 is 25.6 Å². The number of hydrogen-bond acceptors (Lipinski definition) is 4. The fourth-order valence-corrected chi connectivity index (χ4v) is 3.17. The highest BCUT2D eigenvalue weighted by atomic mass is 31.2. The van der Waals surface area contributed by atoms with Gasteiger partial charge in [0.15, 0.2) is 0 Å². The van der Waals surface area contributed by atoms with Gasteiger partial charge in [0.05, 0.1) is 0 Å². The first kappa shape index (κ1) is 21.2. The van der Waals surface area contributed by atoms with E-state index in [-0.39, 0.29) is 17.8 Å². The molecule has 0 spiro atoms. The van der Waals surface area contributed by atoms with E-state index >= 15 is 0 Å². The van der Waals surface area contributed by atoms with Crippen molar-refractivity contribution < 1.29 is 24.0 Å². The normalized spacial score (nSPS) is 13.2. The Morgan fingerprint density at radius 3 is 2.20 bits per heavy atom. The average Bonchev–Trinajstić information content (AvgIpc) is 2.42. The summed E-state index contributed by atoms with van der Waals surface area (Å²) in [6.45, 7) is 7.78. The maximum atomic E-state index is 10.9. The van der Waals surface area contributed by atoms with Gasteiger partial charge in [-0.25, -0.2) is 0 Å². The van der Waals surface area contributed by atoms with Crippen LogP contribution in [-0.2, 0) is 11.0 Å². The number of phosphoric acid groups is 1. The van der Waals surface area contributed by atoms with Crippen molar-refractivity contribution >= 4 is 7.82 Å². The molecule has 0 amide bonds. The second kappa shape index (κ2) is 8.02. The molecule has 0 heterocycles. The molecule has 2 rings (SSSR count). The van der Waals surface area contributed by atoms with E-state index in [0.717, 1.165) is 27.8 Å². The van der Waals surface area contributed by atoms with Crippen LogP contribution in [0.2, 0.25) is 0 Å². The van der Waals surface area contributed by atoms with Gasteiger partial charge in [-0.15, -0.1) is 0 Å². The van der Waals surface area contributed by atoms with Crippen molar-refractivity contribution in [2.24, 2.45) is 0 Å². The zero-order valence-electron chi connectivity index (χ0n) is 15.2. The van der Waals surface area contributed by atoms with Crippen molar-refractivity contribution in [1.29, 1.82) is 0 Å². The molecule has 2 aromatic rings. The molecule has 0 bridgehead atoms. The summed E-state index contributed by atoms with van der Waals surface area (Å²) in [5, 5.41) is 9.93. The molecule has 6 nitrogen and oxygen atoms in total. The minimum atomic E-state index is -4.81. The minimum Gasteiger partial charge on any atom is -0.746 e. The molecule has 6 N–H and O–H groups in total. The highest BCUT2D eigenvalue weighted by Crippen LogP contribution is 2.35. The first-order valence-corrected chi connectivity index (χ1v) is 9.21. The van der Waals surface area contributed by atoms with E-state index in [2.05, 4.69) is 4.52 Å². The Labute approximate surface area is 148 Å². The number of aromatic hydroxyl groups is 1. The molecule has 0 fully saturated rings. The van der Waals surface area contributed by atoms with Gasteiger partial charge in [0.25, 0.3) is 0 Å². The van der Waals surface area contributed by atoms with Crippen molar-refractivity contribution in [1.82, 2.24) is 6.15 Å². The highest BCUT2D eigenvalue weighted by molar-refractivity contribution is 7.45. The number of phenolic OH excluding ortho intramolecular Hbond substituents is 1. The second-order valence-electron chi connectivity index (χ2n) is 6.32. The molecular formula is C18H26NO5P. The smallest absolute Gasteiger partial charge is 0.317 e. The van der Waals surface area contributed by atoms with Crippen LogP contribution in [0.3, 0.4) is 0 Å². The molecule has 25 heavy (non-hydrogen) atoms. The monoisotopic (exact) mass is 367 g/mol. The summed E-state index contributed by atoms with van der Waals surface area (Å²) in [5.74, 6) is 0.613. The average molecular weight is 367 g/mol. The third kappa shape index (κ3) is 5.58. The summed E-state index contributed by atoms with van der Waals surface area (Å²) in [7, 11) is -4.81. The zero-order valence-corrected chi connectivity index (χ0v) is 16.1. The first-order valence-electron chi connectivity index (χ1n) is 7.72. The lowest BCUT2D eigenvalue weighted by atomic mass is 9.93. The van der Waals surface area contributed by atoms with E-state index < -0.39 is 7.82 Å². The van der Waals surface area contributed by atoms with Crippen molar-refractivity contribution in [3.63, 3.8) is 0 Å². The fourth-order valence-electron chi connectivity index (χ4n) is 2.80. The Morgan fingerprint density at radius 2 is 1.72 bits per heavy atom. The van der Waals surface area contributed by atoms with Gasteiger partial charge in [-0.3, -0.25) is 4.57 Å². The number of hydrogen-bond donors (Lipinski definition) is 3. The lowest BCUT2D eigenvalue weighted by Crippen LogP contribution is -2.06. The molecule has 1 unspecified atom stereocenters. The van der Waals surface area contributed by atoms with E-state index in [1.165, 1.54) is 0 Å². The van der Waals surface area contributed by atoms with E-state index in [0.29, 0.717) is 12.2 Å². The molecule has 0 saturated heterocycles. The molecule has 0 aliphatic carbocycles. The number of benzene rings is 2. The van der Waals surface area contributed by atoms with E-state index in [4.69, 9.17) is 4.89 Å². The Kier molecular flexibility index (Phi) is 6.80. The number of phenols is 1. The van der Waals surface area contributed by atoms with Crippen molar-refractivity contribution in [2.45, 2.75) is 40.0 Å². The van der Waals surface area contributed by atoms with E-state index in [9.17, 15) is 14.6 Å². The molecule has 0 aliphatic heterocycles. The molecule has 1 atom stereocenters. The predicted molar refractivity (Wildman–Crippen MR) is 97.4 cm³/mol. The molecule has 7 heteroatoms. The van der Waals surface area contributed by atoms with Crippen LogP contribution >= 0.6 is 7.82 Å². The third-order valence-electron chi connectivity index (χ3n) is 3.99. The lowest BCUT2D eigenvalue weighted by Gasteiger charge is -2.19. The molecular weight excluding hydrogens is 341 g/mol. The molecule has 0 aromatic heterocycles. The van der Waals surface area contributed by atoms with Gasteiger partial charge in [-0.05, 0) is 72.2 Å². The maximum absolute atomic E-state index is 10.9. The Morgan fingerprint density at radius 1 is 1.16 bits per heavy atom. The number of quaternary nitrogens is 1. The van der Waals surface area contributed by atoms with Crippen LogP contribution in [0.5, 0.6) is 11.5 Å². The molecule has 2 aromatic carbocycles. The maximum Gasteiger partial charge on any atom is 0.317 e. The Balaban J connectivity index is 0.00000312. The van der Waals surface area contributed by atoms with E-state index in [1.807, 2.05) is 39.8 Å². The standard InChI is InChI=1S/C18H23O5P.H3N/c1-11(2)16-9-14(5-6-18(16)19)10-17-12(3)7-15(8-13(17)4)23-24(20,21)22;/h5-9,11,19H,10H2,1-4H3,(H2,20,21,22);1H3. The second-order valence-corrected chi connectivity index (χ2v) is 7.44. The van der Waals surface area contributed by atoms with Gasteiger partial charge in [-0.2, -0.15) is 0 Å². The van der Waals surface area contributed by atoms with Gasteiger partial charge in [-0.1, -0.05) is 26.0 Å². The fraction of sp³-hybridized carbons (Fsp3) is 0.333. The summed E-state index contributed by atoms with van der Waals surface area (Å²) in [6, 6.07) is 8.75. The zero-order chi connectivity index (χ0) is 18.1. The highest BCUT2D eigenvalue weighted by Gasteiger charge is 2.12. The summed E-state index contributed by atoms with van der Waals surface area (Å²) >= 11 is 0. The number of phosphoric ester groups is 1. The van der Waals surface area contributed by atoms with Crippen molar-refractivity contribution in [3.05, 3.63) is 58.1 Å². The minimum absolute atomic E-state index is 0.